The molecule has 0 unspecified atom stereocenters. The summed E-state index contributed by atoms with van der Waals surface area (Å²) in [6.07, 6.45) is 0. The van der Waals surface area contributed by atoms with Crippen molar-refractivity contribution in [3.8, 4) is 20.9 Å². The molecule has 0 N–H and O–H groups in total. The Balaban J connectivity index is 1.44. The van der Waals surface area contributed by atoms with Crippen LogP contribution in [0.5, 0.6) is 0 Å². The molecule has 4 aromatic carbocycles. The Bertz CT molecular complexity index is 1590. The van der Waals surface area contributed by atoms with Crippen LogP contribution in [0.15, 0.2) is 100 Å². The van der Waals surface area contributed by atoms with Crippen LogP contribution in [0.4, 0.5) is 0 Å². The highest BCUT2D eigenvalue weighted by Gasteiger charge is 2.11. The lowest BCUT2D eigenvalue weighted by Gasteiger charge is -2.03. The molecule has 7 aromatic rings. The van der Waals surface area contributed by atoms with E-state index in [1.54, 1.807) is 22.7 Å². The third kappa shape index (κ3) is 2.74. The smallest absolute Gasteiger partial charge is 0.136 e. The molecule has 0 radical (unpaired) electrons. The van der Waals surface area contributed by atoms with Crippen molar-refractivity contribution in [2.75, 3.05) is 0 Å². The predicted octanol–water partition coefficient (Wildman–Crippen LogP) is 9.35. The van der Waals surface area contributed by atoms with Gasteiger partial charge in [0.1, 0.15) is 11.2 Å². The minimum Gasteiger partial charge on any atom is -0.456 e. The molecule has 3 aromatic heterocycles. The molecule has 0 bridgehead atoms. The SMILES string of the molecule is c1csc(-c2ccc3cc4c(cc3c2)oc2cc3cc(-c5cccs5)ccc3cc24)c1. The van der Waals surface area contributed by atoms with Gasteiger partial charge in [-0.25, -0.2) is 0 Å². The van der Waals surface area contributed by atoms with Crippen LogP contribution in [0.1, 0.15) is 0 Å². The summed E-state index contributed by atoms with van der Waals surface area (Å²) in [5.41, 5.74) is 4.40. The Kier molecular flexibility index (Phi) is 3.65. The minimum atomic E-state index is 0.944. The molecule has 3 heteroatoms. The monoisotopic (exact) mass is 432 g/mol. The van der Waals surface area contributed by atoms with Gasteiger partial charge < -0.3 is 4.42 Å². The van der Waals surface area contributed by atoms with Crippen LogP contribution in [-0.2, 0) is 0 Å². The molecule has 0 aliphatic rings. The first-order chi connectivity index (χ1) is 15.3. The molecule has 0 aliphatic carbocycles. The van der Waals surface area contributed by atoms with E-state index in [-0.39, 0.29) is 0 Å². The molecule has 7 rings (SSSR count). The molecule has 0 atom stereocenters. The molecule has 31 heavy (non-hydrogen) atoms. The van der Waals surface area contributed by atoms with E-state index in [0.29, 0.717) is 0 Å². The lowest BCUT2D eigenvalue weighted by Crippen LogP contribution is -1.78. The van der Waals surface area contributed by atoms with Gasteiger partial charge in [-0.05, 0) is 92.0 Å². The first kappa shape index (κ1) is 17.3. The lowest BCUT2D eigenvalue weighted by atomic mass is 10.0. The normalized spacial score (nSPS) is 11.9. The van der Waals surface area contributed by atoms with Crippen LogP contribution in [0.2, 0.25) is 0 Å². The van der Waals surface area contributed by atoms with Gasteiger partial charge in [-0.3, -0.25) is 0 Å². The van der Waals surface area contributed by atoms with Gasteiger partial charge in [0.2, 0.25) is 0 Å². The van der Waals surface area contributed by atoms with Crippen LogP contribution in [-0.4, -0.2) is 0 Å². The second-order valence-electron chi connectivity index (χ2n) is 7.88. The lowest BCUT2D eigenvalue weighted by molar-refractivity contribution is 0.670. The van der Waals surface area contributed by atoms with Gasteiger partial charge in [0.25, 0.3) is 0 Å². The predicted molar refractivity (Wildman–Crippen MR) is 135 cm³/mol. The van der Waals surface area contributed by atoms with Gasteiger partial charge in [-0.15, -0.1) is 22.7 Å². The Morgan fingerprint density at radius 2 is 1.00 bits per heavy atom. The molecule has 0 amide bonds. The van der Waals surface area contributed by atoms with Gasteiger partial charge >= 0.3 is 0 Å². The minimum absolute atomic E-state index is 0.944. The van der Waals surface area contributed by atoms with E-state index in [0.717, 1.165) is 11.2 Å². The summed E-state index contributed by atoms with van der Waals surface area (Å²) >= 11 is 3.54. The average Bonchev–Trinajstić information content (AvgIpc) is 3.56. The zero-order valence-corrected chi connectivity index (χ0v) is 18.1. The highest BCUT2D eigenvalue weighted by Crippen LogP contribution is 2.37. The van der Waals surface area contributed by atoms with E-state index in [1.165, 1.54) is 53.2 Å². The van der Waals surface area contributed by atoms with E-state index in [4.69, 9.17) is 4.42 Å². The first-order valence-electron chi connectivity index (χ1n) is 10.2. The standard InChI is InChI=1S/C28H16OS2/c1-3-27(30-9-1)19-7-5-17-13-23-24-14-18-6-8-20(28-4-2-10-31-28)12-22(18)16-26(24)29-25(23)15-21(17)11-19/h1-16H. The highest BCUT2D eigenvalue weighted by atomic mass is 32.1. The highest BCUT2D eigenvalue weighted by molar-refractivity contribution is 7.13. The van der Waals surface area contributed by atoms with Crippen LogP contribution in [0.25, 0.3) is 64.4 Å². The van der Waals surface area contributed by atoms with E-state index in [1.807, 2.05) is 0 Å². The first-order valence-corrected chi connectivity index (χ1v) is 12.0. The largest absolute Gasteiger partial charge is 0.456 e. The van der Waals surface area contributed by atoms with Gasteiger partial charge in [0, 0.05) is 20.5 Å². The van der Waals surface area contributed by atoms with Gasteiger partial charge in [-0.2, -0.15) is 0 Å². The molecule has 0 saturated heterocycles. The summed E-state index contributed by atoms with van der Waals surface area (Å²) in [5.74, 6) is 0. The van der Waals surface area contributed by atoms with E-state index in [9.17, 15) is 0 Å². The fourth-order valence-corrected chi connectivity index (χ4v) is 5.90. The number of fused-ring (bicyclic) bond motifs is 5. The molecule has 0 saturated carbocycles. The zero-order valence-electron chi connectivity index (χ0n) is 16.5. The van der Waals surface area contributed by atoms with Crippen molar-refractivity contribution >= 4 is 66.2 Å². The number of benzene rings is 4. The molecule has 0 fully saturated rings. The van der Waals surface area contributed by atoms with Gasteiger partial charge in [-0.1, -0.05) is 36.4 Å². The van der Waals surface area contributed by atoms with Crippen molar-refractivity contribution in [1.82, 2.24) is 0 Å². The van der Waals surface area contributed by atoms with Gasteiger partial charge in [0.05, 0.1) is 0 Å². The summed E-state index contributed by atoms with van der Waals surface area (Å²) in [7, 11) is 0. The van der Waals surface area contributed by atoms with Crippen molar-refractivity contribution in [2.45, 2.75) is 0 Å². The van der Waals surface area contributed by atoms with Crippen molar-refractivity contribution in [3.63, 3.8) is 0 Å². The second kappa shape index (κ2) is 6.55. The van der Waals surface area contributed by atoms with E-state index < -0.39 is 0 Å². The van der Waals surface area contributed by atoms with Crippen molar-refractivity contribution < 1.29 is 4.42 Å². The quantitative estimate of drug-likeness (QED) is 0.265. The summed E-state index contributed by atoms with van der Waals surface area (Å²) in [5, 5.41) is 11.5. The number of rotatable bonds is 2. The molecular weight excluding hydrogens is 416 g/mol. The maximum atomic E-state index is 6.34. The van der Waals surface area contributed by atoms with E-state index >= 15 is 0 Å². The number of hydrogen-bond acceptors (Lipinski definition) is 3. The summed E-state index contributed by atoms with van der Waals surface area (Å²) in [6.45, 7) is 0. The number of hydrogen-bond donors (Lipinski definition) is 0. The third-order valence-corrected chi connectivity index (χ3v) is 7.84. The fraction of sp³-hybridized carbons (Fsp3) is 0. The Hall–Kier alpha value is -3.40. The number of furan rings is 1. The summed E-state index contributed by atoms with van der Waals surface area (Å²) in [4.78, 5) is 2.58. The maximum Gasteiger partial charge on any atom is 0.136 e. The Morgan fingerprint density at radius 1 is 0.484 bits per heavy atom. The molecule has 0 aliphatic heterocycles. The number of thiophene rings is 2. The topological polar surface area (TPSA) is 13.1 Å². The summed E-state index contributed by atoms with van der Waals surface area (Å²) in [6, 6.07) is 30.8. The van der Waals surface area contributed by atoms with Gasteiger partial charge in [0.15, 0.2) is 0 Å². The molecule has 1 nitrogen and oxygen atoms in total. The average molecular weight is 433 g/mol. The van der Waals surface area contributed by atoms with Crippen LogP contribution < -0.4 is 0 Å². The van der Waals surface area contributed by atoms with Crippen molar-refractivity contribution in [2.24, 2.45) is 0 Å². The molecule has 146 valence electrons. The summed E-state index contributed by atoms with van der Waals surface area (Å²) < 4.78 is 6.34. The Labute approximate surface area is 186 Å². The third-order valence-electron chi connectivity index (χ3n) is 6.00. The maximum absolute atomic E-state index is 6.34. The van der Waals surface area contributed by atoms with Crippen LogP contribution in [0.3, 0.4) is 0 Å². The second-order valence-corrected chi connectivity index (χ2v) is 9.77. The van der Waals surface area contributed by atoms with Crippen molar-refractivity contribution in [1.29, 1.82) is 0 Å². The van der Waals surface area contributed by atoms with E-state index in [2.05, 4.69) is 95.7 Å². The van der Waals surface area contributed by atoms with Crippen LogP contribution >= 0.6 is 22.7 Å². The molecular formula is C28H16OS2. The molecule has 0 spiro atoms. The van der Waals surface area contributed by atoms with Crippen molar-refractivity contribution in [3.05, 3.63) is 95.7 Å². The fourth-order valence-electron chi connectivity index (χ4n) is 4.45. The Morgan fingerprint density at radius 3 is 1.45 bits per heavy atom. The van der Waals surface area contributed by atoms with Crippen LogP contribution in [0, 0.1) is 0 Å². The zero-order chi connectivity index (χ0) is 20.4. The molecule has 3 heterocycles.